The molecule has 10 heteroatoms. The third kappa shape index (κ3) is 6.33. The number of aromatic hydroxyl groups is 2. The van der Waals surface area contributed by atoms with E-state index in [0.717, 1.165) is 25.0 Å². The van der Waals surface area contributed by atoms with E-state index in [1.54, 1.807) is 19.1 Å². The van der Waals surface area contributed by atoms with Crippen LogP contribution >= 0.6 is 0 Å². The van der Waals surface area contributed by atoms with Crippen LogP contribution in [0.25, 0.3) is 0 Å². The second kappa shape index (κ2) is 12.4. The average Bonchev–Trinajstić information content (AvgIpc) is 3.31. The summed E-state index contributed by atoms with van der Waals surface area (Å²) in [5.41, 5.74) is -0.422. The van der Waals surface area contributed by atoms with Crippen molar-refractivity contribution in [3.05, 3.63) is 58.3 Å². The summed E-state index contributed by atoms with van der Waals surface area (Å²) in [6.45, 7) is 12.5. The molecule has 1 aromatic rings. The van der Waals surface area contributed by atoms with E-state index in [1.165, 1.54) is 19.9 Å². The van der Waals surface area contributed by atoms with Gasteiger partial charge in [0.2, 0.25) is 5.78 Å². The summed E-state index contributed by atoms with van der Waals surface area (Å²) in [6.07, 6.45) is 5.78. The molecule has 43 heavy (non-hydrogen) atoms. The molecular formula is C33H43NO9. The number of carbonyl (C=O) groups excluding carboxylic acids is 3. The molecule has 3 aliphatic rings. The van der Waals surface area contributed by atoms with Crippen molar-refractivity contribution in [2.24, 2.45) is 23.7 Å². The molecule has 2 bridgehead atoms. The van der Waals surface area contributed by atoms with E-state index in [4.69, 9.17) is 9.47 Å². The standard InChI is InChI=1S/C33H43NO9/c1-15(27(37)19(5)28(38)20(6)31-18(4)25-11-12-33(7,42-25)43-31)9-8-10-16(2)32(41)34-22-14-24(36)21-13-23(35)17(3)29(39)26(21)30(22)40/h8-10,13-15,18-20,25,27-28,31,35,37-39H,11-12H2,1-7H3,(H,34,41)/b9-8+,16-10-/t15-,18+,19-,20+,25-,27-,28+,31+,33+/m0/s1. The summed E-state index contributed by atoms with van der Waals surface area (Å²) in [4.78, 5) is 38.3. The first-order valence-electron chi connectivity index (χ1n) is 14.8. The molecule has 0 saturated carbocycles. The van der Waals surface area contributed by atoms with Crippen LogP contribution in [-0.2, 0) is 14.3 Å². The molecule has 0 spiro atoms. The van der Waals surface area contributed by atoms with Gasteiger partial charge in [0.15, 0.2) is 11.6 Å². The number of hydrogen-bond acceptors (Lipinski definition) is 9. The minimum absolute atomic E-state index is 0.0500. The molecule has 10 nitrogen and oxygen atoms in total. The van der Waals surface area contributed by atoms with Crippen LogP contribution in [-0.4, -0.2) is 68.1 Å². The van der Waals surface area contributed by atoms with E-state index in [-0.39, 0.29) is 63.7 Å². The summed E-state index contributed by atoms with van der Waals surface area (Å²) in [5.74, 6) is -4.38. The molecule has 2 heterocycles. The number of aliphatic hydroxyl groups is 2. The molecule has 1 aromatic carbocycles. The van der Waals surface area contributed by atoms with Gasteiger partial charge >= 0.3 is 0 Å². The van der Waals surface area contributed by atoms with Gasteiger partial charge in [-0.15, -0.1) is 0 Å². The highest BCUT2D eigenvalue weighted by Gasteiger charge is 2.51. The van der Waals surface area contributed by atoms with Crippen molar-refractivity contribution in [2.45, 2.75) is 91.5 Å². The normalized spacial score (nSPS) is 29.1. The predicted molar refractivity (Wildman–Crippen MR) is 158 cm³/mol. The van der Waals surface area contributed by atoms with Gasteiger partial charge < -0.3 is 35.2 Å². The van der Waals surface area contributed by atoms with Crippen LogP contribution in [0.3, 0.4) is 0 Å². The zero-order chi connectivity index (χ0) is 32.0. The first-order chi connectivity index (χ1) is 20.1. The Morgan fingerprint density at radius 1 is 1.14 bits per heavy atom. The van der Waals surface area contributed by atoms with E-state index in [1.807, 2.05) is 20.8 Å². The summed E-state index contributed by atoms with van der Waals surface area (Å²) < 4.78 is 12.3. The van der Waals surface area contributed by atoms with Gasteiger partial charge in [0.25, 0.3) is 5.91 Å². The average molecular weight is 598 g/mol. The highest BCUT2D eigenvalue weighted by Crippen LogP contribution is 2.45. The maximum absolute atomic E-state index is 12.9. The number of rotatable bonds is 9. The molecule has 0 radical (unpaired) electrons. The smallest absolute Gasteiger partial charge is 0.251 e. The van der Waals surface area contributed by atoms with Crippen molar-refractivity contribution < 1.29 is 44.3 Å². The van der Waals surface area contributed by atoms with E-state index in [2.05, 4.69) is 12.2 Å². The Labute approximate surface area is 252 Å². The molecule has 2 aliphatic heterocycles. The van der Waals surface area contributed by atoms with Crippen molar-refractivity contribution in [1.82, 2.24) is 5.32 Å². The largest absolute Gasteiger partial charge is 0.508 e. The summed E-state index contributed by atoms with van der Waals surface area (Å²) >= 11 is 0. The first-order valence-corrected chi connectivity index (χ1v) is 14.8. The first kappa shape index (κ1) is 32.6. The van der Waals surface area contributed by atoms with Gasteiger partial charge in [-0.2, -0.15) is 0 Å². The number of allylic oxidation sites excluding steroid dienone is 4. The highest BCUT2D eigenvalue weighted by atomic mass is 16.7. The number of nitrogens with one attached hydrogen (secondary N) is 1. The number of phenolic OH excluding ortho intramolecular Hbond substituents is 2. The third-order valence-corrected chi connectivity index (χ3v) is 9.35. The van der Waals surface area contributed by atoms with Crippen molar-refractivity contribution in [3.8, 4) is 11.5 Å². The van der Waals surface area contributed by atoms with Crippen LogP contribution in [0.1, 0.15) is 80.7 Å². The Bertz CT molecular complexity index is 1390. The molecule has 2 saturated heterocycles. The lowest BCUT2D eigenvalue weighted by molar-refractivity contribution is -0.309. The quantitative estimate of drug-likeness (QED) is 0.210. The monoisotopic (exact) mass is 597 g/mol. The van der Waals surface area contributed by atoms with E-state index in [9.17, 15) is 34.8 Å². The van der Waals surface area contributed by atoms with Crippen molar-refractivity contribution >= 4 is 17.5 Å². The summed E-state index contributed by atoms with van der Waals surface area (Å²) in [5, 5.41) is 44.9. The third-order valence-electron chi connectivity index (χ3n) is 9.35. The number of phenols is 2. The lowest BCUT2D eigenvalue weighted by Crippen LogP contribution is -2.52. The van der Waals surface area contributed by atoms with Crippen LogP contribution in [0, 0.1) is 30.6 Å². The molecule has 2 fully saturated rings. The molecule has 1 amide bonds. The zero-order valence-electron chi connectivity index (χ0n) is 25.7. The molecule has 5 N–H and O–H groups in total. The van der Waals surface area contributed by atoms with Crippen molar-refractivity contribution in [2.75, 3.05) is 0 Å². The number of benzene rings is 1. The second-order valence-electron chi connectivity index (χ2n) is 12.6. The second-order valence-corrected chi connectivity index (χ2v) is 12.6. The Balaban J connectivity index is 1.36. The van der Waals surface area contributed by atoms with Gasteiger partial charge in [-0.3, -0.25) is 14.4 Å². The number of ether oxygens (including phenoxy) is 2. The molecule has 0 aromatic heterocycles. The van der Waals surface area contributed by atoms with Gasteiger partial charge in [-0.1, -0.05) is 45.9 Å². The van der Waals surface area contributed by atoms with Crippen LogP contribution in [0.2, 0.25) is 0 Å². The molecule has 9 atom stereocenters. The van der Waals surface area contributed by atoms with Gasteiger partial charge in [-0.25, -0.2) is 0 Å². The number of amides is 1. The van der Waals surface area contributed by atoms with E-state index in [0.29, 0.717) is 0 Å². The van der Waals surface area contributed by atoms with Crippen LogP contribution in [0.5, 0.6) is 11.5 Å². The fraction of sp³-hybridized carbons (Fsp3) is 0.545. The van der Waals surface area contributed by atoms with Gasteiger partial charge in [0.05, 0.1) is 35.7 Å². The van der Waals surface area contributed by atoms with Gasteiger partial charge in [0, 0.05) is 52.9 Å². The zero-order valence-corrected chi connectivity index (χ0v) is 25.7. The van der Waals surface area contributed by atoms with Crippen LogP contribution in [0.4, 0.5) is 0 Å². The van der Waals surface area contributed by atoms with Crippen molar-refractivity contribution in [1.29, 1.82) is 0 Å². The Kier molecular flexibility index (Phi) is 9.37. The minimum atomic E-state index is -0.870. The van der Waals surface area contributed by atoms with E-state index < -0.39 is 47.1 Å². The number of fused-ring (bicyclic) bond motifs is 3. The Morgan fingerprint density at radius 3 is 2.49 bits per heavy atom. The molecule has 4 rings (SSSR count). The van der Waals surface area contributed by atoms with Gasteiger partial charge in [0.1, 0.15) is 11.5 Å². The Hall–Kier alpha value is -3.31. The van der Waals surface area contributed by atoms with Crippen molar-refractivity contribution in [3.63, 3.8) is 0 Å². The Morgan fingerprint density at radius 2 is 1.81 bits per heavy atom. The van der Waals surface area contributed by atoms with E-state index >= 15 is 0 Å². The summed E-state index contributed by atoms with van der Waals surface area (Å²) in [7, 11) is 0. The fourth-order valence-electron chi connectivity index (χ4n) is 6.31. The number of ketones is 2. The minimum Gasteiger partial charge on any atom is -0.508 e. The number of aliphatic hydroxyl groups excluding tert-OH is 2. The molecule has 0 unspecified atom stereocenters. The number of carbonyl (C=O) groups is 3. The SMILES string of the molecule is C/C(=C/C=C/[C@H](C)[C@H](O)[C@H](C)[C@@H](O)[C@@H](C)[C@@H]1O[C@]2(C)CC[C@H](O2)[C@H]1C)C(=O)NC1=CC(=O)c2cc(O)c(C)c(O)c2C1=O. The number of Topliss-reactive ketones (excluding diaryl/α,β-unsaturated/α-hetero) is 1. The topological polar surface area (TPSA) is 163 Å². The van der Waals surface area contributed by atoms with Crippen LogP contribution < -0.4 is 5.32 Å². The lowest BCUT2D eigenvalue weighted by Gasteiger charge is -2.45. The van der Waals surface area contributed by atoms with Gasteiger partial charge in [-0.05, 0) is 33.3 Å². The highest BCUT2D eigenvalue weighted by molar-refractivity contribution is 6.26. The van der Waals surface area contributed by atoms with Crippen LogP contribution in [0.15, 0.2) is 41.6 Å². The number of hydrogen-bond donors (Lipinski definition) is 5. The molecule has 234 valence electrons. The fourth-order valence-corrected chi connectivity index (χ4v) is 6.31. The lowest BCUT2D eigenvalue weighted by atomic mass is 9.78. The summed E-state index contributed by atoms with van der Waals surface area (Å²) in [6, 6.07) is 1.12. The maximum Gasteiger partial charge on any atom is 0.251 e. The molecular weight excluding hydrogens is 554 g/mol. The molecule has 1 aliphatic carbocycles. The maximum atomic E-state index is 12.9. The predicted octanol–water partition coefficient (Wildman–Crippen LogP) is 3.85.